The van der Waals surface area contributed by atoms with Crippen LogP contribution in [0.25, 0.3) is 5.65 Å². The zero-order chi connectivity index (χ0) is 15.0. The second-order valence-electron chi connectivity index (χ2n) is 4.45. The lowest BCUT2D eigenvalue weighted by molar-refractivity contribution is 0.102. The fraction of sp³-hybridized carbons (Fsp3) is 0.0714. The van der Waals surface area contributed by atoms with Crippen LogP contribution in [0.1, 0.15) is 16.2 Å². The summed E-state index contributed by atoms with van der Waals surface area (Å²) < 4.78 is 1.79. The molecule has 0 aliphatic carbocycles. The highest BCUT2D eigenvalue weighted by atomic mass is 35.5. The summed E-state index contributed by atoms with van der Waals surface area (Å²) in [5, 5.41) is 11.4. The fourth-order valence-corrected chi connectivity index (χ4v) is 2.29. The van der Waals surface area contributed by atoms with Crippen molar-refractivity contribution in [2.24, 2.45) is 0 Å². The topological polar surface area (TPSA) is 59.3 Å². The van der Waals surface area contributed by atoms with Gasteiger partial charge in [-0.2, -0.15) is 0 Å². The Labute approximate surface area is 130 Å². The minimum atomic E-state index is -0.290. The van der Waals surface area contributed by atoms with Crippen LogP contribution in [0.4, 0.5) is 5.69 Å². The van der Waals surface area contributed by atoms with Crippen LogP contribution in [0.3, 0.4) is 0 Å². The number of hydrogen-bond acceptors (Lipinski definition) is 3. The lowest BCUT2D eigenvalue weighted by Gasteiger charge is -2.08. The van der Waals surface area contributed by atoms with Gasteiger partial charge in [-0.3, -0.25) is 9.20 Å². The van der Waals surface area contributed by atoms with E-state index in [4.69, 9.17) is 23.2 Å². The quantitative estimate of drug-likeness (QED) is 0.784. The van der Waals surface area contributed by atoms with Gasteiger partial charge in [-0.1, -0.05) is 29.3 Å². The molecule has 1 N–H and O–H groups in total. The molecule has 3 aromatic rings. The fourth-order valence-electron chi connectivity index (χ4n) is 1.95. The molecule has 3 rings (SSSR count). The Kier molecular flexibility index (Phi) is 3.53. The third-order valence-electron chi connectivity index (χ3n) is 3.04. The summed E-state index contributed by atoms with van der Waals surface area (Å²) in [7, 11) is 0. The number of benzene rings is 1. The summed E-state index contributed by atoms with van der Waals surface area (Å²) in [5.41, 5.74) is 1.54. The highest BCUT2D eigenvalue weighted by molar-refractivity contribution is 6.44. The number of halogens is 2. The molecule has 7 heteroatoms. The van der Waals surface area contributed by atoms with E-state index in [1.807, 2.05) is 6.92 Å². The normalized spacial score (nSPS) is 10.8. The van der Waals surface area contributed by atoms with Gasteiger partial charge in [-0.25, -0.2) is 0 Å². The molecule has 2 heterocycles. The SMILES string of the molecule is Cc1nnc2cc(C(=O)Nc3cccc(Cl)c3Cl)ccn12. The molecule has 0 unspecified atom stereocenters. The van der Waals surface area contributed by atoms with E-state index in [1.54, 1.807) is 40.9 Å². The van der Waals surface area contributed by atoms with Crippen LogP contribution in [0, 0.1) is 6.92 Å². The van der Waals surface area contributed by atoms with E-state index < -0.39 is 0 Å². The maximum atomic E-state index is 12.3. The zero-order valence-electron chi connectivity index (χ0n) is 11.0. The summed E-state index contributed by atoms with van der Waals surface area (Å²) in [6.07, 6.45) is 1.75. The van der Waals surface area contributed by atoms with Gasteiger partial charge in [0.05, 0.1) is 15.7 Å². The van der Waals surface area contributed by atoms with E-state index in [-0.39, 0.29) is 5.91 Å². The number of anilines is 1. The minimum absolute atomic E-state index is 0.290. The first-order chi connectivity index (χ1) is 10.1. The molecule has 0 bridgehead atoms. The first kappa shape index (κ1) is 13.9. The van der Waals surface area contributed by atoms with Gasteiger partial charge in [-0.15, -0.1) is 10.2 Å². The highest BCUT2D eigenvalue weighted by Crippen LogP contribution is 2.29. The lowest BCUT2D eigenvalue weighted by Crippen LogP contribution is -2.12. The number of amides is 1. The van der Waals surface area contributed by atoms with E-state index in [0.717, 1.165) is 5.82 Å². The molecule has 2 aromatic heterocycles. The van der Waals surface area contributed by atoms with Gasteiger partial charge in [0.2, 0.25) is 0 Å². The molecule has 0 fully saturated rings. The Hall–Kier alpha value is -2.11. The first-order valence-corrected chi connectivity index (χ1v) is 6.88. The summed E-state index contributed by atoms with van der Waals surface area (Å²) in [6, 6.07) is 8.41. The number of rotatable bonds is 2. The molecule has 0 aliphatic heterocycles. The van der Waals surface area contributed by atoms with Gasteiger partial charge in [0.25, 0.3) is 5.91 Å². The van der Waals surface area contributed by atoms with Crippen molar-refractivity contribution < 1.29 is 4.79 Å². The van der Waals surface area contributed by atoms with Crippen LogP contribution in [0.5, 0.6) is 0 Å². The monoisotopic (exact) mass is 320 g/mol. The van der Waals surface area contributed by atoms with Crippen LogP contribution in [-0.2, 0) is 0 Å². The molecule has 0 saturated heterocycles. The zero-order valence-corrected chi connectivity index (χ0v) is 12.5. The summed E-state index contributed by atoms with van der Waals surface area (Å²) in [6.45, 7) is 1.84. The maximum absolute atomic E-state index is 12.3. The van der Waals surface area contributed by atoms with Gasteiger partial charge in [0.1, 0.15) is 5.82 Å². The predicted molar refractivity (Wildman–Crippen MR) is 82.1 cm³/mol. The molecular formula is C14H10Cl2N4O. The second-order valence-corrected chi connectivity index (χ2v) is 5.23. The lowest BCUT2D eigenvalue weighted by atomic mass is 10.2. The Bertz CT molecular complexity index is 844. The molecule has 0 saturated carbocycles. The average Bonchev–Trinajstić information content (AvgIpc) is 2.85. The van der Waals surface area contributed by atoms with Crippen LogP contribution in [0.2, 0.25) is 10.0 Å². The van der Waals surface area contributed by atoms with Crippen molar-refractivity contribution in [3.05, 3.63) is 58.0 Å². The van der Waals surface area contributed by atoms with E-state index in [9.17, 15) is 4.79 Å². The average molecular weight is 321 g/mol. The van der Waals surface area contributed by atoms with Crippen LogP contribution < -0.4 is 5.32 Å². The summed E-state index contributed by atoms with van der Waals surface area (Å²) >= 11 is 12.0. The second kappa shape index (κ2) is 5.35. The number of hydrogen-bond donors (Lipinski definition) is 1. The van der Waals surface area contributed by atoms with E-state index >= 15 is 0 Å². The summed E-state index contributed by atoms with van der Waals surface area (Å²) in [5.74, 6) is 0.470. The first-order valence-electron chi connectivity index (χ1n) is 6.13. The Morgan fingerprint density at radius 1 is 1.24 bits per heavy atom. The van der Waals surface area contributed by atoms with E-state index in [1.165, 1.54) is 0 Å². The van der Waals surface area contributed by atoms with Crippen molar-refractivity contribution >= 4 is 40.4 Å². The van der Waals surface area contributed by atoms with Crippen molar-refractivity contribution in [1.82, 2.24) is 14.6 Å². The molecule has 21 heavy (non-hydrogen) atoms. The molecular weight excluding hydrogens is 311 g/mol. The largest absolute Gasteiger partial charge is 0.321 e. The number of carbonyl (C=O) groups excluding carboxylic acids is 1. The number of aryl methyl sites for hydroxylation is 1. The molecule has 1 aromatic carbocycles. The van der Waals surface area contributed by atoms with Crippen molar-refractivity contribution in [1.29, 1.82) is 0 Å². The molecule has 0 radical (unpaired) electrons. The third kappa shape index (κ3) is 2.57. The Morgan fingerprint density at radius 3 is 2.86 bits per heavy atom. The smallest absolute Gasteiger partial charge is 0.255 e. The molecule has 106 valence electrons. The number of fused-ring (bicyclic) bond motifs is 1. The van der Waals surface area contributed by atoms with Gasteiger partial charge in [0.15, 0.2) is 5.65 Å². The predicted octanol–water partition coefficient (Wildman–Crippen LogP) is 3.60. The number of pyridine rings is 1. The number of aromatic nitrogens is 3. The summed E-state index contributed by atoms with van der Waals surface area (Å²) in [4.78, 5) is 12.3. The van der Waals surface area contributed by atoms with Crippen LogP contribution in [-0.4, -0.2) is 20.5 Å². The number of nitrogens with zero attached hydrogens (tertiary/aromatic N) is 3. The van der Waals surface area contributed by atoms with Crippen molar-refractivity contribution in [2.45, 2.75) is 6.92 Å². The van der Waals surface area contributed by atoms with Crippen molar-refractivity contribution in [3.63, 3.8) is 0 Å². The third-order valence-corrected chi connectivity index (χ3v) is 3.86. The van der Waals surface area contributed by atoms with Crippen LogP contribution >= 0.6 is 23.2 Å². The standard InChI is InChI=1S/C14H10Cl2N4O/c1-8-18-19-12-7-9(5-6-20(8)12)14(21)17-11-4-2-3-10(15)13(11)16/h2-7H,1H3,(H,17,21). The molecule has 0 atom stereocenters. The van der Waals surface area contributed by atoms with Gasteiger partial charge >= 0.3 is 0 Å². The van der Waals surface area contributed by atoms with Gasteiger partial charge in [0, 0.05) is 11.8 Å². The maximum Gasteiger partial charge on any atom is 0.255 e. The van der Waals surface area contributed by atoms with E-state index in [0.29, 0.717) is 26.9 Å². The molecule has 0 aliphatic rings. The van der Waals surface area contributed by atoms with Crippen molar-refractivity contribution in [2.75, 3.05) is 5.32 Å². The van der Waals surface area contributed by atoms with Gasteiger partial charge < -0.3 is 5.32 Å². The van der Waals surface area contributed by atoms with E-state index in [2.05, 4.69) is 15.5 Å². The van der Waals surface area contributed by atoms with Crippen LogP contribution in [0.15, 0.2) is 36.5 Å². The Balaban J connectivity index is 1.91. The molecule has 1 amide bonds. The molecule has 0 spiro atoms. The number of nitrogens with one attached hydrogen (secondary N) is 1. The Morgan fingerprint density at radius 2 is 2.05 bits per heavy atom. The minimum Gasteiger partial charge on any atom is -0.321 e. The number of carbonyl (C=O) groups is 1. The molecule has 5 nitrogen and oxygen atoms in total. The van der Waals surface area contributed by atoms with Crippen molar-refractivity contribution in [3.8, 4) is 0 Å². The highest BCUT2D eigenvalue weighted by Gasteiger charge is 2.12. The van der Waals surface area contributed by atoms with Gasteiger partial charge in [-0.05, 0) is 31.2 Å².